The Bertz CT molecular complexity index is 501. The Hall–Kier alpha value is -1.86. The minimum absolute atomic E-state index is 0.106. The lowest BCUT2D eigenvalue weighted by atomic mass is 9.94. The molecule has 0 spiro atoms. The van der Waals surface area contributed by atoms with Gasteiger partial charge in [0.1, 0.15) is 0 Å². The van der Waals surface area contributed by atoms with E-state index in [1.165, 1.54) is 0 Å². The lowest BCUT2D eigenvalue weighted by Crippen LogP contribution is -2.36. The summed E-state index contributed by atoms with van der Waals surface area (Å²) in [5.41, 5.74) is 1.87. The number of ether oxygens (including phenoxy) is 1. The molecule has 19 heavy (non-hydrogen) atoms. The van der Waals surface area contributed by atoms with E-state index < -0.39 is 0 Å². The van der Waals surface area contributed by atoms with Crippen LogP contribution in [0.5, 0.6) is 0 Å². The van der Waals surface area contributed by atoms with Crippen LogP contribution in [0.3, 0.4) is 0 Å². The molecule has 0 aliphatic carbocycles. The number of nitrogens with one attached hydrogen (secondary N) is 1. The Balaban J connectivity index is 2.72. The quantitative estimate of drug-likeness (QED) is 0.883. The molecule has 1 amide bonds. The fourth-order valence-corrected chi connectivity index (χ4v) is 1.84. The zero-order valence-electron chi connectivity index (χ0n) is 11.9. The van der Waals surface area contributed by atoms with E-state index in [0.717, 1.165) is 5.56 Å². The number of hydrogen-bond donors (Lipinski definition) is 1. The topological polar surface area (TPSA) is 62.1 Å². The normalized spacial score (nSPS) is 10.9. The number of benzene rings is 1. The Morgan fingerprint density at radius 2 is 2.16 bits per heavy atom. The van der Waals surface area contributed by atoms with Crippen molar-refractivity contribution in [3.63, 3.8) is 0 Å². The third-order valence-corrected chi connectivity index (χ3v) is 2.86. The molecule has 0 aliphatic heterocycles. The molecule has 0 atom stereocenters. The van der Waals surface area contributed by atoms with E-state index in [0.29, 0.717) is 24.3 Å². The summed E-state index contributed by atoms with van der Waals surface area (Å²) in [6.45, 7) is 7.01. The number of nitrogens with zero attached hydrogens (tertiary/aromatic N) is 1. The minimum atomic E-state index is -0.119. The summed E-state index contributed by atoms with van der Waals surface area (Å²) in [7, 11) is 1.65. The van der Waals surface area contributed by atoms with Crippen molar-refractivity contribution in [2.75, 3.05) is 20.3 Å². The molecule has 1 aromatic rings. The highest BCUT2D eigenvalue weighted by Crippen LogP contribution is 2.15. The second kappa shape index (κ2) is 6.35. The van der Waals surface area contributed by atoms with Gasteiger partial charge in [0.15, 0.2) is 0 Å². The first-order valence-electron chi connectivity index (χ1n) is 6.17. The molecule has 0 heterocycles. The van der Waals surface area contributed by atoms with Crippen LogP contribution in [0.2, 0.25) is 0 Å². The van der Waals surface area contributed by atoms with Crippen LogP contribution < -0.4 is 5.32 Å². The summed E-state index contributed by atoms with van der Waals surface area (Å²) in [4.78, 5) is 12.1. The van der Waals surface area contributed by atoms with E-state index in [1.54, 1.807) is 25.3 Å². The minimum Gasteiger partial charge on any atom is -0.384 e. The van der Waals surface area contributed by atoms with Crippen LogP contribution in [-0.4, -0.2) is 26.2 Å². The van der Waals surface area contributed by atoms with Crippen molar-refractivity contribution in [2.45, 2.75) is 20.8 Å². The molecule has 4 nitrogen and oxygen atoms in total. The van der Waals surface area contributed by atoms with Crippen molar-refractivity contribution in [3.05, 3.63) is 34.9 Å². The van der Waals surface area contributed by atoms with Gasteiger partial charge in [-0.05, 0) is 30.7 Å². The first-order valence-corrected chi connectivity index (χ1v) is 6.17. The molecular weight excluding hydrogens is 240 g/mol. The monoisotopic (exact) mass is 260 g/mol. The highest BCUT2D eigenvalue weighted by Gasteiger charge is 2.19. The molecule has 1 aromatic carbocycles. The Kier molecular flexibility index (Phi) is 5.08. The Morgan fingerprint density at radius 1 is 1.47 bits per heavy atom. The number of aryl methyl sites for hydroxylation is 1. The van der Waals surface area contributed by atoms with Crippen LogP contribution in [-0.2, 0) is 4.74 Å². The van der Waals surface area contributed by atoms with Gasteiger partial charge in [0.05, 0.1) is 18.2 Å². The molecule has 0 fully saturated rings. The smallest absolute Gasteiger partial charge is 0.251 e. The van der Waals surface area contributed by atoms with Crippen LogP contribution >= 0.6 is 0 Å². The number of hydrogen-bond acceptors (Lipinski definition) is 3. The second-order valence-corrected chi connectivity index (χ2v) is 5.42. The van der Waals surface area contributed by atoms with Gasteiger partial charge in [-0.2, -0.15) is 5.26 Å². The predicted molar refractivity (Wildman–Crippen MR) is 73.9 cm³/mol. The van der Waals surface area contributed by atoms with Crippen LogP contribution in [0.1, 0.15) is 35.3 Å². The fourth-order valence-electron chi connectivity index (χ4n) is 1.84. The molecule has 1 N–H and O–H groups in total. The number of carbonyl (C=O) groups is 1. The summed E-state index contributed by atoms with van der Waals surface area (Å²) in [5, 5.41) is 11.7. The van der Waals surface area contributed by atoms with Gasteiger partial charge < -0.3 is 10.1 Å². The number of nitriles is 1. The van der Waals surface area contributed by atoms with Crippen molar-refractivity contribution >= 4 is 5.91 Å². The molecule has 0 saturated heterocycles. The van der Waals surface area contributed by atoms with E-state index >= 15 is 0 Å². The van der Waals surface area contributed by atoms with Crippen LogP contribution in [0.25, 0.3) is 0 Å². The van der Waals surface area contributed by atoms with Gasteiger partial charge in [-0.1, -0.05) is 13.8 Å². The first-order chi connectivity index (χ1) is 8.89. The predicted octanol–water partition coefficient (Wildman–Crippen LogP) is 2.27. The molecule has 0 aromatic heterocycles. The lowest BCUT2D eigenvalue weighted by Gasteiger charge is -2.24. The Labute approximate surface area is 114 Å². The molecule has 4 heteroatoms. The number of amides is 1. The molecule has 102 valence electrons. The molecule has 0 aliphatic rings. The van der Waals surface area contributed by atoms with Crippen molar-refractivity contribution < 1.29 is 9.53 Å². The molecule has 0 radical (unpaired) electrons. The van der Waals surface area contributed by atoms with E-state index in [-0.39, 0.29) is 11.3 Å². The largest absolute Gasteiger partial charge is 0.384 e. The first kappa shape index (κ1) is 15.2. The highest BCUT2D eigenvalue weighted by molar-refractivity contribution is 5.95. The highest BCUT2D eigenvalue weighted by atomic mass is 16.5. The summed E-state index contributed by atoms with van der Waals surface area (Å²) >= 11 is 0. The summed E-state index contributed by atoms with van der Waals surface area (Å²) in [6, 6.07) is 7.12. The van der Waals surface area contributed by atoms with Gasteiger partial charge in [0.2, 0.25) is 0 Å². The second-order valence-electron chi connectivity index (χ2n) is 5.42. The maximum Gasteiger partial charge on any atom is 0.251 e. The van der Waals surface area contributed by atoms with E-state index in [9.17, 15) is 4.79 Å². The number of rotatable bonds is 5. The maximum absolute atomic E-state index is 12.1. The summed E-state index contributed by atoms with van der Waals surface area (Å²) in [6.07, 6.45) is 0. The summed E-state index contributed by atoms with van der Waals surface area (Å²) < 4.78 is 5.11. The van der Waals surface area contributed by atoms with Gasteiger partial charge in [0, 0.05) is 24.6 Å². The molecule has 0 bridgehead atoms. The van der Waals surface area contributed by atoms with Gasteiger partial charge >= 0.3 is 0 Å². The zero-order chi connectivity index (χ0) is 14.5. The standard InChI is InChI=1S/C15H20N2O2/c1-11-7-12(8-16)5-6-13(11)14(18)17-9-15(2,3)10-19-4/h5-7H,9-10H2,1-4H3,(H,17,18). The molecule has 1 rings (SSSR count). The molecule has 0 unspecified atom stereocenters. The SMILES string of the molecule is COCC(C)(C)CNC(=O)c1ccc(C#N)cc1C. The van der Waals surface area contributed by atoms with Crippen LogP contribution in [0.4, 0.5) is 0 Å². The van der Waals surface area contributed by atoms with Gasteiger partial charge in [-0.25, -0.2) is 0 Å². The van der Waals surface area contributed by atoms with Crippen molar-refractivity contribution in [3.8, 4) is 6.07 Å². The molecule has 0 saturated carbocycles. The maximum atomic E-state index is 12.1. The lowest BCUT2D eigenvalue weighted by molar-refractivity contribution is 0.0846. The van der Waals surface area contributed by atoms with Gasteiger partial charge in [0.25, 0.3) is 5.91 Å². The fraction of sp³-hybridized carbons (Fsp3) is 0.467. The summed E-state index contributed by atoms with van der Waals surface area (Å²) in [5.74, 6) is -0.119. The molecular formula is C15H20N2O2. The van der Waals surface area contributed by atoms with E-state index in [2.05, 4.69) is 11.4 Å². The zero-order valence-corrected chi connectivity index (χ0v) is 11.9. The Morgan fingerprint density at radius 3 is 2.68 bits per heavy atom. The van der Waals surface area contributed by atoms with Crippen LogP contribution in [0.15, 0.2) is 18.2 Å². The van der Waals surface area contributed by atoms with E-state index in [1.807, 2.05) is 20.8 Å². The van der Waals surface area contributed by atoms with Crippen molar-refractivity contribution in [1.29, 1.82) is 5.26 Å². The average Bonchev–Trinajstić information content (AvgIpc) is 2.36. The van der Waals surface area contributed by atoms with E-state index in [4.69, 9.17) is 10.00 Å². The average molecular weight is 260 g/mol. The van der Waals surface area contributed by atoms with Crippen LogP contribution in [0, 0.1) is 23.7 Å². The van der Waals surface area contributed by atoms with Gasteiger partial charge in [-0.15, -0.1) is 0 Å². The number of carbonyl (C=O) groups excluding carboxylic acids is 1. The van der Waals surface area contributed by atoms with Crippen molar-refractivity contribution in [2.24, 2.45) is 5.41 Å². The number of methoxy groups -OCH3 is 1. The third-order valence-electron chi connectivity index (χ3n) is 2.86. The third kappa shape index (κ3) is 4.38. The van der Waals surface area contributed by atoms with Crippen molar-refractivity contribution in [1.82, 2.24) is 5.32 Å². The van der Waals surface area contributed by atoms with Gasteiger partial charge in [-0.3, -0.25) is 4.79 Å².